The Morgan fingerprint density at radius 3 is 2.53 bits per heavy atom. The molecule has 2 rings (SSSR count). The van der Waals surface area contributed by atoms with E-state index in [1.807, 2.05) is 28.9 Å². The molecule has 1 aromatic carbocycles. The van der Waals surface area contributed by atoms with Crippen LogP contribution in [0.2, 0.25) is 0 Å². The van der Waals surface area contributed by atoms with Gasteiger partial charge in [0.1, 0.15) is 0 Å². The molecule has 1 heterocycles. The molecule has 1 aromatic heterocycles. The monoisotopic (exact) mass is 322 g/mol. The minimum absolute atomic E-state index is 0.486. The lowest BCUT2D eigenvalue weighted by Crippen LogP contribution is -2.08. The average molecular weight is 323 g/mol. The predicted molar refractivity (Wildman–Crippen MR) is 80.1 cm³/mol. The highest BCUT2D eigenvalue weighted by atomic mass is 79.9. The van der Waals surface area contributed by atoms with E-state index in [0.29, 0.717) is 6.42 Å². The van der Waals surface area contributed by atoms with Gasteiger partial charge >= 0.3 is 0 Å². The molecule has 0 aliphatic heterocycles. The van der Waals surface area contributed by atoms with Gasteiger partial charge in [0.15, 0.2) is 0 Å². The van der Waals surface area contributed by atoms with Crippen molar-refractivity contribution in [2.45, 2.75) is 39.3 Å². The summed E-state index contributed by atoms with van der Waals surface area (Å²) in [6.45, 7) is 5.00. The molecule has 0 bridgehead atoms. The SMILES string of the molecule is CCc1cc(CC(O)c2ccc(Br)cc2)n(CC)n1. The van der Waals surface area contributed by atoms with Gasteiger partial charge in [0.25, 0.3) is 0 Å². The Labute approximate surface area is 122 Å². The summed E-state index contributed by atoms with van der Waals surface area (Å²) < 4.78 is 3.00. The molecule has 2 aromatic rings. The van der Waals surface area contributed by atoms with Gasteiger partial charge in [-0.05, 0) is 37.1 Å². The Morgan fingerprint density at radius 2 is 1.95 bits per heavy atom. The summed E-state index contributed by atoms with van der Waals surface area (Å²) in [7, 11) is 0. The number of benzene rings is 1. The maximum absolute atomic E-state index is 10.3. The molecule has 0 radical (unpaired) electrons. The van der Waals surface area contributed by atoms with Crippen LogP contribution < -0.4 is 0 Å². The molecule has 1 atom stereocenters. The van der Waals surface area contributed by atoms with E-state index in [-0.39, 0.29) is 0 Å². The fraction of sp³-hybridized carbons (Fsp3) is 0.400. The molecule has 0 spiro atoms. The molecule has 0 saturated heterocycles. The number of hydrogen-bond acceptors (Lipinski definition) is 2. The van der Waals surface area contributed by atoms with Gasteiger partial charge in [-0.1, -0.05) is 35.0 Å². The number of aliphatic hydroxyl groups is 1. The van der Waals surface area contributed by atoms with Crippen molar-refractivity contribution in [1.29, 1.82) is 0 Å². The normalized spacial score (nSPS) is 12.6. The van der Waals surface area contributed by atoms with Gasteiger partial charge in [0.2, 0.25) is 0 Å². The molecule has 1 N–H and O–H groups in total. The minimum atomic E-state index is -0.486. The first-order valence-electron chi connectivity index (χ1n) is 6.63. The zero-order chi connectivity index (χ0) is 13.8. The highest BCUT2D eigenvalue weighted by Crippen LogP contribution is 2.21. The Kier molecular flexibility index (Phi) is 4.77. The molecule has 0 fully saturated rings. The van der Waals surface area contributed by atoms with Crippen molar-refractivity contribution in [2.24, 2.45) is 0 Å². The van der Waals surface area contributed by atoms with Crippen LogP contribution in [-0.4, -0.2) is 14.9 Å². The summed E-state index contributed by atoms with van der Waals surface area (Å²) in [5.41, 5.74) is 3.11. The number of aliphatic hydroxyl groups excluding tert-OH is 1. The number of nitrogens with zero attached hydrogens (tertiary/aromatic N) is 2. The first-order valence-corrected chi connectivity index (χ1v) is 7.42. The average Bonchev–Trinajstić information content (AvgIpc) is 2.81. The summed E-state index contributed by atoms with van der Waals surface area (Å²) in [6, 6.07) is 9.89. The third-order valence-corrected chi connectivity index (χ3v) is 3.76. The van der Waals surface area contributed by atoms with Gasteiger partial charge in [-0.3, -0.25) is 4.68 Å². The van der Waals surface area contributed by atoms with Crippen LogP contribution in [0.1, 0.15) is 36.9 Å². The molecule has 1 unspecified atom stereocenters. The Bertz CT molecular complexity index is 534. The van der Waals surface area contributed by atoms with Gasteiger partial charge in [-0.25, -0.2) is 0 Å². The number of hydrogen-bond donors (Lipinski definition) is 1. The second kappa shape index (κ2) is 6.35. The first-order chi connectivity index (χ1) is 9.13. The maximum atomic E-state index is 10.3. The number of aromatic nitrogens is 2. The van der Waals surface area contributed by atoms with Crippen LogP contribution in [0.3, 0.4) is 0 Å². The van der Waals surface area contributed by atoms with E-state index in [1.165, 1.54) is 0 Å². The van der Waals surface area contributed by atoms with E-state index in [9.17, 15) is 5.11 Å². The summed E-state index contributed by atoms with van der Waals surface area (Å²) in [5, 5.41) is 14.8. The van der Waals surface area contributed by atoms with E-state index in [0.717, 1.165) is 34.4 Å². The van der Waals surface area contributed by atoms with E-state index < -0.39 is 6.10 Å². The van der Waals surface area contributed by atoms with Gasteiger partial charge in [0.05, 0.1) is 11.8 Å². The zero-order valence-electron chi connectivity index (χ0n) is 11.3. The topological polar surface area (TPSA) is 38.0 Å². The van der Waals surface area contributed by atoms with E-state index in [2.05, 4.69) is 40.9 Å². The molecule has 0 amide bonds. The Morgan fingerprint density at radius 1 is 1.26 bits per heavy atom. The number of aryl methyl sites for hydroxylation is 2. The van der Waals surface area contributed by atoms with E-state index >= 15 is 0 Å². The van der Waals surface area contributed by atoms with Crippen molar-refractivity contribution < 1.29 is 5.11 Å². The lowest BCUT2D eigenvalue weighted by Gasteiger charge is -2.12. The van der Waals surface area contributed by atoms with Crippen molar-refractivity contribution in [3.8, 4) is 0 Å². The lowest BCUT2D eigenvalue weighted by atomic mass is 10.0. The van der Waals surface area contributed by atoms with Gasteiger partial charge in [-0.15, -0.1) is 0 Å². The third kappa shape index (κ3) is 3.45. The van der Waals surface area contributed by atoms with Crippen LogP contribution in [0, 0.1) is 0 Å². The van der Waals surface area contributed by atoms with Crippen LogP contribution >= 0.6 is 15.9 Å². The van der Waals surface area contributed by atoms with Gasteiger partial charge in [0, 0.05) is 23.1 Å². The van der Waals surface area contributed by atoms with Crippen molar-refractivity contribution in [2.75, 3.05) is 0 Å². The molecule has 19 heavy (non-hydrogen) atoms. The summed E-state index contributed by atoms with van der Waals surface area (Å²) in [6.07, 6.45) is 1.04. The van der Waals surface area contributed by atoms with Crippen LogP contribution in [0.25, 0.3) is 0 Å². The summed E-state index contributed by atoms with van der Waals surface area (Å²) >= 11 is 3.40. The zero-order valence-corrected chi connectivity index (χ0v) is 12.9. The van der Waals surface area contributed by atoms with Gasteiger partial charge < -0.3 is 5.11 Å². The van der Waals surface area contributed by atoms with Crippen LogP contribution in [0.4, 0.5) is 0 Å². The smallest absolute Gasteiger partial charge is 0.0845 e. The van der Waals surface area contributed by atoms with E-state index in [1.54, 1.807) is 0 Å². The number of rotatable bonds is 5. The van der Waals surface area contributed by atoms with E-state index in [4.69, 9.17) is 0 Å². The number of halogens is 1. The first kappa shape index (κ1) is 14.3. The second-order valence-corrected chi connectivity index (χ2v) is 5.48. The summed E-state index contributed by atoms with van der Waals surface area (Å²) in [5.74, 6) is 0. The van der Waals surface area contributed by atoms with Crippen molar-refractivity contribution in [3.05, 3.63) is 51.8 Å². The largest absolute Gasteiger partial charge is 0.388 e. The Balaban J connectivity index is 2.15. The van der Waals surface area contributed by atoms with Crippen LogP contribution in [0.15, 0.2) is 34.8 Å². The Hall–Kier alpha value is -1.13. The maximum Gasteiger partial charge on any atom is 0.0845 e. The molecule has 3 nitrogen and oxygen atoms in total. The molecule has 0 aliphatic rings. The highest BCUT2D eigenvalue weighted by Gasteiger charge is 2.13. The predicted octanol–water partition coefficient (Wildman–Crippen LogP) is 3.50. The molecule has 0 aliphatic carbocycles. The molecule has 4 heteroatoms. The quantitative estimate of drug-likeness (QED) is 0.914. The minimum Gasteiger partial charge on any atom is -0.388 e. The van der Waals surface area contributed by atoms with Crippen molar-refractivity contribution in [3.63, 3.8) is 0 Å². The summed E-state index contributed by atoms with van der Waals surface area (Å²) in [4.78, 5) is 0. The fourth-order valence-corrected chi connectivity index (χ4v) is 2.39. The second-order valence-electron chi connectivity index (χ2n) is 4.57. The van der Waals surface area contributed by atoms with Crippen molar-refractivity contribution in [1.82, 2.24) is 9.78 Å². The molecular weight excluding hydrogens is 304 g/mol. The highest BCUT2D eigenvalue weighted by molar-refractivity contribution is 9.10. The van der Waals surface area contributed by atoms with Crippen LogP contribution in [0.5, 0.6) is 0 Å². The van der Waals surface area contributed by atoms with Gasteiger partial charge in [-0.2, -0.15) is 5.10 Å². The molecule has 102 valence electrons. The standard InChI is InChI=1S/C15H19BrN2O/c1-3-13-9-14(18(4-2)17-13)10-15(19)11-5-7-12(16)8-6-11/h5-9,15,19H,3-4,10H2,1-2H3. The fourth-order valence-electron chi connectivity index (χ4n) is 2.13. The lowest BCUT2D eigenvalue weighted by molar-refractivity contribution is 0.175. The van der Waals surface area contributed by atoms with Crippen LogP contribution in [-0.2, 0) is 19.4 Å². The molecular formula is C15H19BrN2O. The molecule has 0 saturated carbocycles. The third-order valence-electron chi connectivity index (χ3n) is 3.23. The van der Waals surface area contributed by atoms with Crippen molar-refractivity contribution >= 4 is 15.9 Å².